The number of hydrogen-bond donors (Lipinski definition) is 3. The first kappa shape index (κ1) is 19.1. The number of nitrogens with zero attached hydrogens (tertiary/aromatic N) is 1. The van der Waals surface area contributed by atoms with E-state index in [1.54, 1.807) is 50.2 Å². The molecule has 1 aromatic carbocycles. The van der Waals surface area contributed by atoms with Gasteiger partial charge in [0, 0.05) is 5.56 Å². The molecule has 0 bridgehead atoms. The number of ether oxygens (including phenoxy) is 2. The molecule has 0 unspecified atom stereocenters. The first-order chi connectivity index (χ1) is 12.1. The Morgan fingerprint density at radius 2 is 2.16 bits per heavy atom. The van der Waals surface area contributed by atoms with E-state index in [0.29, 0.717) is 29.3 Å². The Hall–Kier alpha value is -2.19. The maximum absolute atomic E-state index is 12.3. The Bertz CT molecular complexity index is 705. The maximum Gasteiger partial charge on any atom is 0.269 e. The lowest BCUT2D eigenvalue weighted by Crippen LogP contribution is -2.38. The molecule has 0 spiro atoms. The summed E-state index contributed by atoms with van der Waals surface area (Å²) in [7, 11) is 3.15. The Balaban J connectivity index is 2.18. The summed E-state index contributed by atoms with van der Waals surface area (Å²) in [6.07, 6.45) is 2.69. The molecule has 0 aliphatic heterocycles. The van der Waals surface area contributed by atoms with Gasteiger partial charge in [-0.2, -0.15) is 16.9 Å². The second kappa shape index (κ2) is 9.33. The number of H-pyrrole nitrogens is 1. The molecule has 1 heterocycles. The molecule has 7 nitrogen and oxygen atoms in total. The standard InChI is InChI=1S/C17H23N3O4S/c1-23-12-4-5-16(24-2)13(8-12)14-9-15(20-19-14)17(22)18-11(10-21)6-7-25-3/h4-5,8-9,11,21H,6-7,10H2,1-3H3,(H,18,22)(H,19,20)/t11-/m1/s1. The topological polar surface area (TPSA) is 96.5 Å². The Labute approximate surface area is 151 Å². The van der Waals surface area contributed by atoms with Crippen LogP contribution < -0.4 is 14.8 Å². The molecule has 2 aromatic rings. The van der Waals surface area contributed by atoms with Crippen molar-refractivity contribution in [2.75, 3.05) is 32.8 Å². The predicted octanol–water partition coefficient (Wildman–Crippen LogP) is 1.94. The molecule has 25 heavy (non-hydrogen) atoms. The number of amides is 1. The highest BCUT2D eigenvalue weighted by Gasteiger charge is 2.17. The molecule has 2 rings (SSSR count). The van der Waals surface area contributed by atoms with Crippen molar-refractivity contribution in [2.24, 2.45) is 0 Å². The molecule has 0 saturated carbocycles. The number of benzene rings is 1. The lowest BCUT2D eigenvalue weighted by molar-refractivity contribution is 0.0910. The summed E-state index contributed by atoms with van der Waals surface area (Å²) in [5.41, 5.74) is 1.62. The average Bonchev–Trinajstić information content (AvgIpc) is 3.14. The van der Waals surface area contributed by atoms with Crippen LogP contribution in [0.15, 0.2) is 24.3 Å². The zero-order chi connectivity index (χ0) is 18.2. The molecule has 0 radical (unpaired) electrons. The van der Waals surface area contributed by atoms with Gasteiger partial charge in [-0.15, -0.1) is 0 Å². The van der Waals surface area contributed by atoms with Gasteiger partial charge in [0.05, 0.1) is 32.6 Å². The van der Waals surface area contributed by atoms with E-state index in [9.17, 15) is 9.90 Å². The fourth-order valence-electron chi connectivity index (χ4n) is 2.32. The van der Waals surface area contributed by atoms with E-state index < -0.39 is 0 Å². The van der Waals surface area contributed by atoms with Gasteiger partial charge >= 0.3 is 0 Å². The summed E-state index contributed by atoms with van der Waals surface area (Å²) in [4.78, 5) is 12.3. The lowest BCUT2D eigenvalue weighted by atomic mass is 10.1. The minimum atomic E-state index is -0.305. The summed E-state index contributed by atoms with van der Waals surface area (Å²) < 4.78 is 10.6. The first-order valence-electron chi connectivity index (χ1n) is 7.81. The van der Waals surface area contributed by atoms with E-state index in [0.717, 1.165) is 11.3 Å². The van der Waals surface area contributed by atoms with Crippen LogP contribution in [0.25, 0.3) is 11.3 Å². The van der Waals surface area contributed by atoms with Gasteiger partial charge in [-0.05, 0) is 42.7 Å². The predicted molar refractivity (Wildman–Crippen MR) is 98.5 cm³/mol. The molecule has 3 N–H and O–H groups in total. The highest BCUT2D eigenvalue weighted by atomic mass is 32.2. The van der Waals surface area contributed by atoms with Gasteiger partial charge in [0.25, 0.3) is 5.91 Å². The van der Waals surface area contributed by atoms with Gasteiger partial charge < -0.3 is 19.9 Å². The molecule has 0 aliphatic rings. The van der Waals surface area contributed by atoms with Crippen molar-refractivity contribution in [2.45, 2.75) is 12.5 Å². The number of aliphatic hydroxyl groups excluding tert-OH is 1. The number of thioether (sulfide) groups is 1. The van der Waals surface area contributed by atoms with Crippen molar-refractivity contribution in [3.05, 3.63) is 30.0 Å². The number of aromatic nitrogens is 2. The summed E-state index contributed by atoms with van der Waals surface area (Å²) in [5, 5.41) is 19.1. The van der Waals surface area contributed by atoms with E-state index in [1.807, 2.05) is 6.26 Å². The van der Waals surface area contributed by atoms with Gasteiger partial charge in [0.15, 0.2) is 0 Å². The highest BCUT2D eigenvalue weighted by molar-refractivity contribution is 7.98. The van der Waals surface area contributed by atoms with E-state index in [4.69, 9.17) is 9.47 Å². The molecule has 0 aliphatic carbocycles. The third-order valence-corrected chi connectivity index (χ3v) is 4.38. The van der Waals surface area contributed by atoms with E-state index >= 15 is 0 Å². The fraction of sp³-hybridized carbons (Fsp3) is 0.412. The summed E-state index contributed by atoms with van der Waals surface area (Å²) in [5.74, 6) is 1.86. The van der Waals surface area contributed by atoms with Crippen molar-refractivity contribution in [1.82, 2.24) is 15.5 Å². The molecule has 0 saturated heterocycles. The third-order valence-electron chi connectivity index (χ3n) is 3.73. The first-order valence-corrected chi connectivity index (χ1v) is 9.20. The van der Waals surface area contributed by atoms with Crippen molar-refractivity contribution < 1.29 is 19.4 Å². The Morgan fingerprint density at radius 3 is 2.80 bits per heavy atom. The number of aliphatic hydroxyl groups is 1. The molecule has 1 amide bonds. The number of carbonyl (C=O) groups excluding carboxylic acids is 1. The van der Waals surface area contributed by atoms with E-state index in [2.05, 4.69) is 15.5 Å². The zero-order valence-corrected chi connectivity index (χ0v) is 15.4. The van der Waals surface area contributed by atoms with Crippen LogP contribution in [0.3, 0.4) is 0 Å². The SMILES string of the molecule is COc1ccc(OC)c(-c2cc(C(=O)N[C@@H](CO)CCSC)[nH]n2)c1. The fourth-order valence-corrected chi connectivity index (χ4v) is 2.84. The summed E-state index contributed by atoms with van der Waals surface area (Å²) in [6, 6.07) is 6.74. The van der Waals surface area contributed by atoms with Crippen LogP contribution in [-0.2, 0) is 0 Å². The van der Waals surface area contributed by atoms with Crippen molar-refractivity contribution in [3.63, 3.8) is 0 Å². The number of methoxy groups -OCH3 is 2. The minimum absolute atomic E-state index is 0.100. The number of nitrogens with one attached hydrogen (secondary N) is 2. The van der Waals surface area contributed by atoms with Gasteiger partial charge in [-0.1, -0.05) is 0 Å². The number of rotatable bonds is 9. The average molecular weight is 365 g/mol. The summed E-state index contributed by atoms with van der Waals surface area (Å²) >= 11 is 1.67. The van der Waals surface area contributed by atoms with Crippen LogP contribution in [0.1, 0.15) is 16.9 Å². The zero-order valence-electron chi connectivity index (χ0n) is 14.5. The van der Waals surface area contributed by atoms with Crippen molar-refractivity contribution >= 4 is 17.7 Å². The van der Waals surface area contributed by atoms with Crippen molar-refractivity contribution in [1.29, 1.82) is 0 Å². The Kier molecular flexibility index (Phi) is 7.15. The maximum atomic E-state index is 12.3. The van der Waals surface area contributed by atoms with Crippen LogP contribution in [0.5, 0.6) is 11.5 Å². The second-order valence-corrected chi connectivity index (χ2v) is 6.35. The van der Waals surface area contributed by atoms with E-state index in [1.165, 1.54) is 0 Å². The van der Waals surface area contributed by atoms with Crippen LogP contribution in [-0.4, -0.2) is 60.1 Å². The van der Waals surface area contributed by atoms with Crippen LogP contribution in [0.2, 0.25) is 0 Å². The van der Waals surface area contributed by atoms with Crippen LogP contribution >= 0.6 is 11.8 Å². The molecule has 1 atom stereocenters. The van der Waals surface area contributed by atoms with Gasteiger partial charge in [0.2, 0.25) is 0 Å². The summed E-state index contributed by atoms with van der Waals surface area (Å²) in [6.45, 7) is -0.100. The van der Waals surface area contributed by atoms with E-state index in [-0.39, 0.29) is 18.6 Å². The quantitative estimate of drug-likeness (QED) is 0.628. The normalized spacial score (nSPS) is 11.8. The smallest absolute Gasteiger partial charge is 0.269 e. The Morgan fingerprint density at radius 1 is 1.36 bits per heavy atom. The number of carbonyl (C=O) groups is 1. The monoisotopic (exact) mass is 365 g/mol. The molecular weight excluding hydrogens is 342 g/mol. The lowest BCUT2D eigenvalue weighted by Gasteiger charge is -2.14. The van der Waals surface area contributed by atoms with Gasteiger partial charge in [0.1, 0.15) is 17.2 Å². The van der Waals surface area contributed by atoms with Gasteiger partial charge in [-0.25, -0.2) is 0 Å². The second-order valence-electron chi connectivity index (χ2n) is 5.37. The van der Waals surface area contributed by atoms with Gasteiger partial charge in [-0.3, -0.25) is 9.89 Å². The van der Waals surface area contributed by atoms with Crippen LogP contribution in [0, 0.1) is 0 Å². The van der Waals surface area contributed by atoms with Crippen molar-refractivity contribution in [3.8, 4) is 22.8 Å². The third kappa shape index (κ3) is 4.90. The number of aromatic amines is 1. The largest absolute Gasteiger partial charge is 0.497 e. The minimum Gasteiger partial charge on any atom is -0.497 e. The molecule has 136 valence electrons. The highest BCUT2D eigenvalue weighted by Crippen LogP contribution is 2.32. The number of hydrogen-bond acceptors (Lipinski definition) is 6. The molecule has 0 fully saturated rings. The molecule has 1 aromatic heterocycles. The van der Waals surface area contributed by atoms with Crippen LogP contribution in [0.4, 0.5) is 0 Å². The molecular formula is C17H23N3O4S. The molecule has 8 heteroatoms.